The Morgan fingerprint density at radius 3 is 2.86 bits per heavy atom. The highest BCUT2D eigenvalue weighted by Gasteiger charge is 2.13. The predicted octanol–water partition coefficient (Wildman–Crippen LogP) is 2.87. The zero-order valence-corrected chi connectivity index (χ0v) is 10.2. The van der Waals surface area contributed by atoms with Crippen LogP contribution in [0.3, 0.4) is 0 Å². The molecule has 3 heteroatoms. The van der Waals surface area contributed by atoms with E-state index >= 15 is 0 Å². The van der Waals surface area contributed by atoms with Gasteiger partial charge in [-0.25, -0.2) is 0 Å². The van der Waals surface area contributed by atoms with Gasteiger partial charge in [-0.15, -0.1) is 0 Å². The Labute approximate surface area is 93.4 Å². The van der Waals surface area contributed by atoms with Gasteiger partial charge in [0, 0.05) is 30.8 Å². The first kappa shape index (κ1) is 9.84. The number of hydrogen-bond acceptors (Lipinski definition) is 2. The molecule has 0 saturated heterocycles. The van der Waals surface area contributed by atoms with Gasteiger partial charge < -0.3 is 10.2 Å². The first-order valence-electron chi connectivity index (χ1n) is 4.92. The summed E-state index contributed by atoms with van der Waals surface area (Å²) in [5.74, 6) is 0. The van der Waals surface area contributed by atoms with Crippen molar-refractivity contribution < 1.29 is 0 Å². The highest BCUT2D eigenvalue weighted by Crippen LogP contribution is 2.34. The smallest absolute Gasteiger partial charge is 0.0518 e. The fourth-order valence-corrected chi connectivity index (χ4v) is 2.42. The minimum atomic E-state index is 1.09. The number of aryl methyl sites for hydroxylation is 1. The van der Waals surface area contributed by atoms with E-state index in [0.717, 1.165) is 6.54 Å². The van der Waals surface area contributed by atoms with Crippen LogP contribution < -0.4 is 10.2 Å². The second-order valence-corrected chi connectivity index (χ2v) is 4.74. The summed E-state index contributed by atoms with van der Waals surface area (Å²) < 4.78 is 1.18. The third-order valence-corrected chi connectivity index (χ3v) is 3.22. The molecule has 0 spiro atoms. The van der Waals surface area contributed by atoms with E-state index in [9.17, 15) is 0 Å². The monoisotopic (exact) mass is 254 g/mol. The van der Waals surface area contributed by atoms with E-state index in [-0.39, 0.29) is 0 Å². The molecule has 1 aromatic carbocycles. The lowest BCUT2D eigenvalue weighted by Crippen LogP contribution is -2.15. The number of anilines is 2. The molecule has 0 unspecified atom stereocenters. The topological polar surface area (TPSA) is 15.3 Å². The molecule has 0 aliphatic carbocycles. The van der Waals surface area contributed by atoms with Gasteiger partial charge in [-0.1, -0.05) is 0 Å². The van der Waals surface area contributed by atoms with Crippen molar-refractivity contribution in [3.05, 3.63) is 22.2 Å². The van der Waals surface area contributed by atoms with E-state index in [1.54, 1.807) is 0 Å². The lowest BCUT2D eigenvalue weighted by molar-refractivity contribution is 0.828. The van der Waals surface area contributed by atoms with Crippen molar-refractivity contribution in [1.29, 1.82) is 0 Å². The molecule has 0 aromatic heterocycles. The molecule has 2 rings (SSSR count). The van der Waals surface area contributed by atoms with E-state index in [1.807, 2.05) is 0 Å². The quantitative estimate of drug-likeness (QED) is 0.830. The van der Waals surface area contributed by atoms with E-state index in [0.29, 0.717) is 0 Å². The summed E-state index contributed by atoms with van der Waals surface area (Å²) in [5.41, 5.74) is 3.97. The molecule has 1 N–H and O–H groups in total. The summed E-state index contributed by atoms with van der Waals surface area (Å²) in [4.78, 5) is 2.14. The SMILES string of the molecule is CN(C)c1cc(Br)c2c(c1)CCCN2. The van der Waals surface area contributed by atoms with E-state index in [4.69, 9.17) is 0 Å². The van der Waals surface area contributed by atoms with Crippen molar-refractivity contribution in [2.24, 2.45) is 0 Å². The Morgan fingerprint density at radius 2 is 2.14 bits per heavy atom. The third-order valence-electron chi connectivity index (χ3n) is 2.60. The average molecular weight is 255 g/mol. The van der Waals surface area contributed by atoms with Crippen molar-refractivity contribution in [2.45, 2.75) is 12.8 Å². The molecule has 1 aliphatic rings. The summed E-state index contributed by atoms with van der Waals surface area (Å²) >= 11 is 3.61. The van der Waals surface area contributed by atoms with Gasteiger partial charge in [0.15, 0.2) is 0 Å². The van der Waals surface area contributed by atoms with Crippen LogP contribution >= 0.6 is 15.9 Å². The second-order valence-electron chi connectivity index (χ2n) is 3.89. The number of nitrogens with zero attached hydrogens (tertiary/aromatic N) is 1. The Kier molecular flexibility index (Phi) is 2.68. The molecule has 2 nitrogen and oxygen atoms in total. The molecule has 0 amide bonds. The summed E-state index contributed by atoms with van der Waals surface area (Å²) in [6.07, 6.45) is 2.42. The first-order valence-corrected chi connectivity index (χ1v) is 5.71. The average Bonchev–Trinajstić information content (AvgIpc) is 2.17. The van der Waals surface area contributed by atoms with Crippen LogP contribution in [-0.2, 0) is 6.42 Å². The third kappa shape index (κ3) is 1.73. The molecular formula is C11H15BrN2. The number of hydrogen-bond donors (Lipinski definition) is 1. The van der Waals surface area contributed by atoms with Crippen LogP contribution in [0.4, 0.5) is 11.4 Å². The van der Waals surface area contributed by atoms with Gasteiger partial charge in [0.25, 0.3) is 0 Å². The summed E-state index contributed by atoms with van der Waals surface area (Å²) in [6.45, 7) is 1.09. The zero-order chi connectivity index (χ0) is 10.1. The standard InChI is InChI=1S/C11H15BrN2/c1-14(2)9-6-8-4-3-5-13-11(8)10(12)7-9/h6-7,13H,3-5H2,1-2H3. The van der Waals surface area contributed by atoms with E-state index < -0.39 is 0 Å². The van der Waals surface area contributed by atoms with Crippen LogP contribution in [-0.4, -0.2) is 20.6 Å². The maximum absolute atomic E-state index is 3.61. The van der Waals surface area contributed by atoms with Crippen LogP contribution in [0.2, 0.25) is 0 Å². The van der Waals surface area contributed by atoms with Gasteiger partial charge >= 0.3 is 0 Å². The zero-order valence-electron chi connectivity index (χ0n) is 8.60. The molecule has 76 valence electrons. The summed E-state index contributed by atoms with van der Waals surface area (Å²) in [5, 5.41) is 3.43. The fourth-order valence-electron chi connectivity index (χ4n) is 1.79. The van der Waals surface area contributed by atoms with Gasteiger partial charge in [-0.05, 0) is 46.5 Å². The number of nitrogens with one attached hydrogen (secondary N) is 1. The number of rotatable bonds is 1. The summed E-state index contributed by atoms with van der Waals surface area (Å²) in [7, 11) is 4.15. The van der Waals surface area contributed by atoms with Crippen molar-refractivity contribution in [2.75, 3.05) is 30.9 Å². The largest absolute Gasteiger partial charge is 0.384 e. The van der Waals surface area contributed by atoms with Crippen molar-refractivity contribution in [1.82, 2.24) is 0 Å². The van der Waals surface area contributed by atoms with Crippen molar-refractivity contribution in [3.8, 4) is 0 Å². The first-order chi connectivity index (χ1) is 6.68. The lowest BCUT2D eigenvalue weighted by Gasteiger charge is -2.22. The number of fused-ring (bicyclic) bond motifs is 1. The van der Waals surface area contributed by atoms with Crippen molar-refractivity contribution in [3.63, 3.8) is 0 Å². The maximum atomic E-state index is 3.61. The molecule has 14 heavy (non-hydrogen) atoms. The molecule has 0 saturated carbocycles. The van der Waals surface area contributed by atoms with E-state index in [1.165, 1.54) is 34.3 Å². The van der Waals surface area contributed by atoms with Crippen LogP contribution in [0.1, 0.15) is 12.0 Å². The molecule has 1 aromatic rings. The van der Waals surface area contributed by atoms with Gasteiger partial charge in [-0.3, -0.25) is 0 Å². The fraction of sp³-hybridized carbons (Fsp3) is 0.455. The van der Waals surface area contributed by atoms with Gasteiger partial charge in [0.1, 0.15) is 0 Å². The van der Waals surface area contributed by atoms with Crippen molar-refractivity contribution >= 4 is 27.3 Å². The Balaban J connectivity index is 2.46. The number of benzene rings is 1. The Hall–Kier alpha value is -0.700. The van der Waals surface area contributed by atoms with Crippen LogP contribution in [0.25, 0.3) is 0 Å². The Bertz CT molecular complexity index is 347. The minimum Gasteiger partial charge on any atom is -0.384 e. The molecular weight excluding hydrogens is 240 g/mol. The maximum Gasteiger partial charge on any atom is 0.0518 e. The predicted molar refractivity (Wildman–Crippen MR) is 65.3 cm³/mol. The lowest BCUT2D eigenvalue weighted by atomic mass is 10.0. The molecule has 0 atom stereocenters. The highest BCUT2D eigenvalue weighted by atomic mass is 79.9. The molecule has 0 radical (unpaired) electrons. The molecule has 0 fully saturated rings. The van der Waals surface area contributed by atoms with Gasteiger partial charge in [0.2, 0.25) is 0 Å². The minimum absolute atomic E-state index is 1.09. The van der Waals surface area contributed by atoms with Crippen LogP contribution in [0, 0.1) is 0 Å². The van der Waals surface area contributed by atoms with Gasteiger partial charge in [0.05, 0.1) is 5.69 Å². The molecule has 1 aliphatic heterocycles. The normalized spacial score (nSPS) is 14.5. The number of halogens is 1. The van der Waals surface area contributed by atoms with E-state index in [2.05, 4.69) is 52.4 Å². The Morgan fingerprint density at radius 1 is 1.36 bits per heavy atom. The van der Waals surface area contributed by atoms with Crippen LogP contribution in [0.15, 0.2) is 16.6 Å². The highest BCUT2D eigenvalue weighted by molar-refractivity contribution is 9.10. The second kappa shape index (κ2) is 3.81. The summed E-state index contributed by atoms with van der Waals surface area (Å²) in [6, 6.07) is 4.43. The van der Waals surface area contributed by atoms with Crippen LogP contribution in [0.5, 0.6) is 0 Å². The molecule has 1 heterocycles. The molecule has 0 bridgehead atoms. The van der Waals surface area contributed by atoms with Gasteiger partial charge in [-0.2, -0.15) is 0 Å².